The number of piperidine rings is 1. The molecule has 108 valence electrons. The number of aromatic nitrogens is 1. The molecule has 3 heterocycles. The van der Waals surface area contributed by atoms with Crippen LogP contribution < -0.4 is 11.3 Å². The van der Waals surface area contributed by atoms with Gasteiger partial charge in [0.05, 0.1) is 17.4 Å². The molecule has 0 spiro atoms. The third-order valence-electron chi connectivity index (χ3n) is 4.42. The van der Waals surface area contributed by atoms with E-state index in [1.165, 1.54) is 0 Å². The first-order valence-corrected chi connectivity index (χ1v) is 7.07. The molecule has 1 aromatic heterocycles. The zero-order valence-corrected chi connectivity index (χ0v) is 11.3. The molecule has 0 aliphatic carbocycles. The van der Waals surface area contributed by atoms with E-state index < -0.39 is 0 Å². The molecular formula is C14H20N4O2. The molecule has 6 heteroatoms. The minimum Gasteiger partial charge on any atom is -0.393 e. The maximum atomic E-state index is 11.4. The third kappa shape index (κ3) is 2.54. The van der Waals surface area contributed by atoms with Gasteiger partial charge in [0.2, 0.25) is 0 Å². The number of rotatable bonds is 3. The van der Waals surface area contributed by atoms with E-state index in [2.05, 4.69) is 15.3 Å². The number of hydrazine groups is 1. The highest BCUT2D eigenvalue weighted by atomic mass is 16.3. The predicted molar refractivity (Wildman–Crippen MR) is 73.5 cm³/mol. The number of hydrogen-bond donors (Lipinski definition) is 3. The summed E-state index contributed by atoms with van der Waals surface area (Å²) < 4.78 is 0. The summed E-state index contributed by atoms with van der Waals surface area (Å²) >= 11 is 0. The summed E-state index contributed by atoms with van der Waals surface area (Å²) in [5.74, 6) is 4.76. The van der Waals surface area contributed by atoms with Crippen molar-refractivity contribution >= 4 is 5.91 Å². The number of nitrogens with one attached hydrogen (secondary N) is 1. The molecule has 2 saturated heterocycles. The van der Waals surface area contributed by atoms with Crippen molar-refractivity contribution in [3.63, 3.8) is 0 Å². The Bertz CT molecular complexity index is 476. The van der Waals surface area contributed by atoms with Gasteiger partial charge in [-0.3, -0.25) is 20.1 Å². The van der Waals surface area contributed by atoms with Crippen molar-refractivity contribution in [2.75, 3.05) is 0 Å². The normalized spacial score (nSPS) is 29.4. The highest BCUT2D eigenvalue weighted by Gasteiger charge is 2.39. The number of pyridine rings is 1. The van der Waals surface area contributed by atoms with Gasteiger partial charge in [0.1, 0.15) is 0 Å². The first-order valence-electron chi connectivity index (χ1n) is 7.07. The highest BCUT2D eigenvalue weighted by Crippen LogP contribution is 2.36. The minimum absolute atomic E-state index is 0.146. The number of hydrogen-bond acceptors (Lipinski definition) is 5. The standard InChI is InChI=1S/C14H20N4O2/c15-17-14(20)9-1-2-10(16-7-9)8-18-11-3-4-12(18)6-13(19)5-11/h1-2,7,11-13,19H,3-6,8,15H2,(H,17,20). The summed E-state index contributed by atoms with van der Waals surface area (Å²) in [5.41, 5.74) is 3.51. The van der Waals surface area contributed by atoms with E-state index in [4.69, 9.17) is 5.84 Å². The van der Waals surface area contributed by atoms with Crippen LogP contribution in [0.1, 0.15) is 41.7 Å². The molecule has 0 saturated carbocycles. The number of aliphatic hydroxyl groups is 1. The van der Waals surface area contributed by atoms with Crippen LogP contribution in [-0.2, 0) is 6.54 Å². The quantitative estimate of drug-likeness (QED) is 0.416. The molecule has 2 fully saturated rings. The fourth-order valence-corrected chi connectivity index (χ4v) is 3.43. The summed E-state index contributed by atoms with van der Waals surface area (Å²) in [6, 6.07) is 4.55. The lowest BCUT2D eigenvalue weighted by Crippen LogP contribution is -2.44. The largest absolute Gasteiger partial charge is 0.393 e. The van der Waals surface area contributed by atoms with Crippen molar-refractivity contribution in [2.45, 2.75) is 50.4 Å². The smallest absolute Gasteiger partial charge is 0.266 e. The molecule has 2 aliphatic heterocycles. The van der Waals surface area contributed by atoms with Crippen LogP contribution in [0.2, 0.25) is 0 Å². The average molecular weight is 276 g/mol. The van der Waals surface area contributed by atoms with Crippen LogP contribution in [0.4, 0.5) is 0 Å². The van der Waals surface area contributed by atoms with Crippen molar-refractivity contribution in [3.8, 4) is 0 Å². The Hall–Kier alpha value is -1.50. The topological polar surface area (TPSA) is 91.5 Å². The Balaban J connectivity index is 1.68. The van der Waals surface area contributed by atoms with Crippen molar-refractivity contribution in [2.24, 2.45) is 5.84 Å². The van der Waals surface area contributed by atoms with E-state index in [0.29, 0.717) is 17.6 Å². The fourth-order valence-electron chi connectivity index (χ4n) is 3.43. The number of carbonyl (C=O) groups excluding carboxylic acids is 1. The van der Waals surface area contributed by atoms with E-state index in [9.17, 15) is 9.90 Å². The second-order valence-corrected chi connectivity index (χ2v) is 5.69. The molecule has 2 unspecified atom stereocenters. The van der Waals surface area contributed by atoms with E-state index >= 15 is 0 Å². The van der Waals surface area contributed by atoms with Crippen LogP contribution in [0.5, 0.6) is 0 Å². The second kappa shape index (κ2) is 5.47. The molecular weight excluding hydrogens is 256 g/mol. The molecule has 2 atom stereocenters. The highest BCUT2D eigenvalue weighted by molar-refractivity contribution is 5.93. The van der Waals surface area contributed by atoms with Crippen molar-refractivity contribution < 1.29 is 9.90 Å². The molecule has 4 N–H and O–H groups in total. The van der Waals surface area contributed by atoms with Gasteiger partial charge in [-0.1, -0.05) is 0 Å². The van der Waals surface area contributed by atoms with E-state index in [1.807, 2.05) is 6.07 Å². The molecule has 2 bridgehead atoms. The number of nitrogens with two attached hydrogens (primary N) is 1. The van der Waals surface area contributed by atoms with Gasteiger partial charge >= 0.3 is 0 Å². The maximum absolute atomic E-state index is 11.4. The van der Waals surface area contributed by atoms with Gasteiger partial charge in [0, 0.05) is 24.8 Å². The summed E-state index contributed by atoms with van der Waals surface area (Å²) in [4.78, 5) is 18.1. The van der Waals surface area contributed by atoms with Crippen LogP contribution in [0, 0.1) is 0 Å². The van der Waals surface area contributed by atoms with E-state index in [1.54, 1.807) is 12.3 Å². The molecule has 1 aromatic rings. The molecule has 20 heavy (non-hydrogen) atoms. The maximum Gasteiger partial charge on any atom is 0.266 e. The Labute approximate surface area is 117 Å². The number of nitrogen functional groups attached to an aromatic ring is 1. The Kier molecular flexibility index (Phi) is 3.69. The molecule has 6 nitrogen and oxygen atoms in total. The molecule has 1 amide bonds. The molecule has 0 aromatic carbocycles. The number of fused-ring (bicyclic) bond motifs is 2. The lowest BCUT2D eigenvalue weighted by atomic mass is 9.99. The van der Waals surface area contributed by atoms with Crippen molar-refractivity contribution in [3.05, 3.63) is 29.6 Å². The summed E-state index contributed by atoms with van der Waals surface area (Å²) in [5, 5.41) is 9.80. The average Bonchev–Trinajstić information content (AvgIpc) is 2.70. The predicted octanol–water partition coefficient (Wildman–Crippen LogP) is 0.173. The SMILES string of the molecule is NNC(=O)c1ccc(CN2C3CCC2CC(O)C3)nc1. The zero-order chi connectivity index (χ0) is 14.1. The first-order chi connectivity index (χ1) is 9.67. The van der Waals surface area contributed by atoms with Gasteiger partial charge in [-0.15, -0.1) is 0 Å². The summed E-state index contributed by atoms with van der Waals surface area (Å²) in [6.45, 7) is 0.784. The summed E-state index contributed by atoms with van der Waals surface area (Å²) in [7, 11) is 0. The Morgan fingerprint density at radius 2 is 2.10 bits per heavy atom. The third-order valence-corrected chi connectivity index (χ3v) is 4.42. The van der Waals surface area contributed by atoms with Crippen LogP contribution in [-0.4, -0.2) is 39.1 Å². The van der Waals surface area contributed by atoms with Crippen molar-refractivity contribution in [1.29, 1.82) is 0 Å². The fraction of sp³-hybridized carbons (Fsp3) is 0.571. The molecule has 3 rings (SSSR count). The van der Waals surface area contributed by atoms with Gasteiger partial charge in [-0.05, 0) is 37.8 Å². The van der Waals surface area contributed by atoms with Gasteiger partial charge in [-0.25, -0.2) is 5.84 Å². The number of aliphatic hydroxyl groups excluding tert-OH is 1. The van der Waals surface area contributed by atoms with Gasteiger partial charge in [0.25, 0.3) is 5.91 Å². The lowest BCUT2D eigenvalue weighted by molar-refractivity contribution is 0.0303. The van der Waals surface area contributed by atoms with Crippen LogP contribution in [0.25, 0.3) is 0 Å². The first kappa shape index (κ1) is 13.5. The van der Waals surface area contributed by atoms with Crippen LogP contribution in [0.15, 0.2) is 18.3 Å². The molecule has 2 aliphatic rings. The number of nitrogens with zero attached hydrogens (tertiary/aromatic N) is 2. The van der Waals surface area contributed by atoms with E-state index in [0.717, 1.165) is 37.9 Å². The number of carbonyl (C=O) groups is 1. The molecule has 0 radical (unpaired) electrons. The second-order valence-electron chi connectivity index (χ2n) is 5.69. The van der Waals surface area contributed by atoms with Gasteiger partial charge in [-0.2, -0.15) is 0 Å². The minimum atomic E-state index is -0.329. The van der Waals surface area contributed by atoms with Crippen LogP contribution in [0.3, 0.4) is 0 Å². The number of amides is 1. The lowest BCUT2D eigenvalue weighted by Gasteiger charge is -2.36. The Morgan fingerprint density at radius 1 is 1.40 bits per heavy atom. The Morgan fingerprint density at radius 3 is 2.65 bits per heavy atom. The monoisotopic (exact) mass is 276 g/mol. The van der Waals surface area contributed by atoms with E-state index in [-0.39, 0.29) is 12.0 Å². The van der Waals surface area contributed by atoms with Gasteiger partial charge in [0.15, 0.2) is 0 Å². The summed E-state index contributed by atoms with van der Waals surface area (Å²) in [6.07, 6.45) is 5.46. The van der Waals surface area contributed by atoms with Gasteiger partial charge < -0.3 is 5.11 Å². The van der Waals surface area contributed by atoms with Crippen molar-refractivity contribution in [1.82, 2.24) is 15.3 Å². The van der Waals surface area contributed by atoms with Crippen LogP contribution >= 0.6 is 0 Å². The zero-order valence-electron chi connectivity index (χ0n) is 11.3.